The number of anilines is 4. The lowest BCUT2D eigenvalue weighted by molar-refractivity contribution is -0.137. The second-order valence-electron chi connectivity index (χ2n) is 8.51. The monoisotopic (exact) mass is 470 g/mol. The Hall–Kier alpha value is -3.29. The molecule has 3 aromatic rings. The van der Waals surface area contributed by atoms with Crippen molar-refractivity contribution in [1.29, 1.82) is 0 Å². The highest BCUT2D eigenvalue weighted by molar-refractivity contribution is 5.67. The predicted molar refractivity (Wildman–Crippen MR) is 128 cm³/mol. The zero-order valence-corrected chi connectivity index (χ0v) is 19.2. The molecular formula is C26H29F3N4O. The van der Waals surface area contributed by atoms with Crippen LogP contribution < -0.4 is 15.4 Å². The van der Waals surface area contributed by atoms with E-state index in [-0.39, 0.29) is 11.8 Å². The first kappa shape index (κ1) is 23.9. The molecule has 1 heterocycles. The van der Waals surface area contributed by atoms with Crippen LogP contribution >= 0.6 is 0 Å². The zero-order valence-electron chi connectivity index (χ0n) is 19.2. The van der Waals surface area contributed by atoms with Crippen LogP contribution in [0.25, 0.3) is 0 Å². The number of hydrogen-bond acceptors (Lipinski definition) is 5. The van der Waals surface area contributed by atoms with E-state index in [1.807, 2.05) is 19.1 Å². The quantitative estimate of drug-likeness (QED) is 0.312. The van der Waals surface area contributed by atoms with Crippen molar-refractivity contribution in [3.05, 3.63) is 65.9 Å². The highest BCUT2D eigenvalue weighted by Gasteiger charge is 2.35. The van der Waals surface area contributed by atoms with Crippen molar-refractivity contribution >= 4 is 23.1 Å². The van der Waals surface area contributed by atoms with E-state index >= 15 is 0 Å². The smallest absolute Gasteiger partial charge is 0.421 e. The Kier molecular flexibility index (Phi) is 7.55. The second kappa shape index (κ2) is 10.8. The highest BCUT2D eigenvalue weighted by Crippen LogP contribution is 2.37. The second-order valence-corrected chi connectivity index (χ2v) is 8.51. The standard InChI is InChI=1S/C26H29F3N4O/c1-2-3-16-34-23-11-7-6-10-22(23)32-24-21(26(27,28)29)17-30-25(33-24)31-20-14-12-19(13-15-20)18-8-4-5-9-18/h6-7,10-15,17-18H,2-5,8-9,16H2,1H3,(H2,30,31,32,33). The fourth-order valence-electron chi connectivity index (χ4n) is 4.12. The van der Waals surface area contributed by atoms with Crippen LogP contribution in [0, 0.1) is 0 Å². The molecule has 1 aromatic heterocycles. The van der Waals surface area contributed by atoms with Gasteiger partial charge in [-0.2, -0.15) is 18.2 Å². The van der Waals surface area contributed by atoms with Crippen LogP contribution in [0.15, 0.2) is 54.7 Å². The van der Waals surface area contributed by atoms with E-state index in [0.29, 0.717) is 24.0 Å². The van der Waals surface area contributed by atoms with Gasteiger partial charge in [0.15, 0.2) is 0 Å². The van der Waals surface area contributed by atoms with Crippen molar-refractivity contribution in [2.45, 2.75) is 57.5 Å². The minimum absolute atomic E-state index is 0.0773. The molecule has 180 valence electrons. The average molecular weight is 471 g/mol. The first-order valence-corrected chi connectivity index (χ1v) is 11.7. The third kappa shape index (κ3) is 5.98. The van der Waals surface area contributed by atoms with Gasteiger partial charge in [0.2, 0.25) is 5.95 Å². The van der Waals surface area contributed by atoms with Crippen LogP contribution in [0.3, 0.4) is 0 Å². The molecule has 0 atom stereocenters. The minimum Gasteiger partial charge on any atom is -0.491 e. The molecule has 1 aliphatic carbocycles. The van der Waals surface area contributed by atoms with Gasteiger partial charge in [-0.3, -0.25) is 0 Å². The summed E-state index contributed by atoms with van der Waals surface area (Å²) in [7, 11) is 0. The molecule has 1 fully saturated rings. The summed E-state index contributed by atoms with van der Waals surface area (Å²) >= 11 is 0. The van der Waals surface area contributed by atoms with Crippen molar-refractivity contribution < 1.29 is 17.9 Å². The molecule has 5 nitrogen and oxygen atoms in total. The molecule has 0 amide bonds. The molecule has 1 aliphatic rings. The summed E-state index contributed by atoms with van der Waals surface area (Å²) in [5, 5.41) is 5.83. The summed E-state index contributed by atoms with van der Waals surface area (Å²) in [4.78, 5) is 8.07. The summed E-state index contributed by atoms with van der Waals surface area (Å²) in [5.74, 6) is 0.805. The number of rotatable bonds is 9. The lowest BCUT2D eigenvalue weighted by Crippen LogP contribution is -2.13. The first-order chi connectivity index (χ1) is 16.4. The molecule has 2 N–H and O–H groups in total. The van der Waals surface area contributed by atoms with Crippen molar-refractivity contribution in [3.8, 4) is 5.75 Å². The Balaban J connectivity index is 1.56. The van der Waals surface area contributed by atoms with E-state index in [4.69, 9.17) is 4.74 Å². The van der Waals surface area contributed by atoms with Gasteiger partial charge >= 0.3 is 6.18 Å². The molecule has 34 heavy (non-hydrogen) atoms. The number of unbranched alkanes of at least 4 members (excludes halogenated alkanes) is 1. The van der Waals surface area contributed by atoms with Crippen LogP contribution in [0.2, 0.25) is 0 Å². The largest absolute Gasteiger partial charge is 0.491 e. The van der Waals surface area contributed by atoms with Gasteiger partial charge in [-0.05, 0) is 55.0 Å². The third-order valence-corrected chi connectivity index (χ3v) is 5.98. The highest BCUT2D eigenvalue weighted by atomic mass is 19.4. The Morgan fingerprint density at radius 2 is 1.74 bits per heavy atom. The number of para-hydroxylation sites is 2. The summed E-state index contributed by atoms with van der Waals surface area (Å²) in [6.07, 6.45) is 2.91. The lowest BCUT2D eigenvalue weighted by atomic mass is 9.98. The van der Waals surface area contributed by atoms with Crippen LogP contribution in [0.5, 0.6) is 5.75 Å². The van der Waals surface area contributed by atoms with E-state index in [1.165, 1.54) is 31.2 Å². The maximum atomic E-state index is 13.7. The molecule has 0 spiro atoms. The van der Waals surface area contributed by atoms with Gasteiger partial charge in [0.1, 0.15) is 17.1 Å². The van der Waals surface area contributed by atoms with E-state index in [0.717, 1.165) is 24.7 Å². The SMILES string of the molecule is CCCCOc1ccccc1Nc1nc(Nc2ccc(C3CCCC3)cc2)ncc1C(F)(F)F. The maximum absolute atomic E-state index is 13.7. The molecule has 0 saturated heterocycles. The summed E-state index contributed by atoms with van der Waals surface area (Å²) in [5.41, 5.74) is 1.47. The average Bonchev–Trinajstić information content (AvgIpc) is 3.35. The van der Waals surface area contributed by atoms with Crippen LogP contribution in [-0.4, -0.2) is 16.6 Å². The van der Waals surface area contributed by atoms with Crippen molar-refractivity contribution in [3.63, 3.8) is 0 Å². The summed E-state index contributed by atoms with van der Waals surface area (Å²) in [6.45, 7) is 2.52. The number of ether oxygens (including phenoxy) is 1. The molecule has 0 radical (unpaired) electrons. The molecule has 4 rings (SSSR count). The minimum atomic E-state index is -4.61. The van der Waals surface area contributed by atoms with Gasteiger partial charge in [0, 0.05) is 11.9 Å². The number of aromatic nitrogens is 2. The molecular weight excluding hydrogens is 441 g/mol. The van der Waals surface area contributed by atoms with Gasteiger partial charge in [-0.1, -0.05) is 50.5 Å². The normalized spacial score (nSPS) is 14.2. The fraction of sp³-hybridized carbons (Fsp3) is 0.385. The van der Waals surface area contributed by atoms with E-state index < -0.39 is 11.7 Å². The first-order valence-electron chi connectivity index (χ1n) is 11.7. The number of alkyl halides is 3. The van der Waals surface area contributed by atoms with Crippen LogP contribution in [0.4, 0.5) is 36.3 Å². The number of nitrogens with one attached hydrogen (secondary N) is 2. The Morgan fingerprint density at radius 1 is 1.00 bits per heavy atom. The van der Waals surface area contributed by atoms with E-state index in [9.17, 15) is 13.2 Å². The lowest BCUT2D eigenvalue weighted by Gasteiger charge is -2.17. The Labute approximate surface area is 197 Å². The molecule has 0 bridgehead atoms. The Bertz CT molecular complexity index is 1080. The maximum Gasteiger partial charge on any atom is 0.421 e. The fourth-order valence-corrected chi connectivity index (χ4v) is 4.12. The molecule has 1 saturated carbocycles. The predicted octanol–water partition coefficient (Wildman–Crippen LogP) is 7.82. The number of hydrogen-bond donors (Lipinski definition) is 2. The van der Waals surface area contributed by atoms with Gasteiger partial charge in [0.05, 0.1) is 12.3 Å². The summed E-state index contributed by atoms with van der Waals surface area (Å²) < 4.78 is 46.8. The van der Waals surface area contributed by atoms with Crippen molar-refractivity contribution in [1.82, 2.24) is 9.97 Å². The van der Waals surface area contributed by atoms with E-state index in [2.05, 4.69) is 32.7 Å². The molecule has 0 unspecified atom stereocenters. The number of benzene rings is 2. The van der Waals surface area contributed by atoms with Gasteiger partial charge in [-0.15, -0.1) is 0 Å². The van der Waals surface area contributed by atoms with Gasteiger partial charge < -0.3 is 15.4 Å². The topological polar surface area (TPSA) is 59.1 Å². The van der Waals surface area contributed by atoms with Crippen molar-refractivity contribution in [2.75, 3.05) is 17.2 Å². The number of halogens is 3. The molecule has 2 aromatic carbocycles. The van der Waals surface area contributed by atoms with Crippen molar-refractivity contribution in [2.24, 2.45) is 0 Å². The van der Waals surface area contributed by atoms with Crippen LogP contribution in [0.1, 0.15) is 62.5 Å². The van der Waals surface area contributed by atoms with Gasteiger partial charge in [0.25, 0.3) is 0 Å². The molecule has 0 aliphatic heterocycles. The third-order valence-electron chi connectivity index (χ3n) is 5.98. The van der Waals surface area contributed by atoms with Gasteiger partial charge in [-0.25, -0.2) is 4.98 Å². The Morgan fingerprint density at radius 3 is 2.44 bits per heavy atom. The zero-order chi connectivity index (χ0) is 24.0. The summed E-state index contributed by atoms with van der Waals surface area (Å²) in [6, 6.07) is 14.8. The molecule has 8 heteroatoms. The van der Waals surface area contributed by atoms with Crippen LogP contribution in [-0.2, 0) is 6.18 Å². The number of nitrogens with zero attached hydrogens (tertiary/aromatic N) is 2. The van der Waals surface area contributed by atoms with E-state index in [1.54, 1.807) is 24.3 Å².